The van der Waals surface area contributed by atoms with Crippen LogP contribution in [0.25, 0.3) is 0 Å². The molecule has 3 rings (SSSR count). The van der Waals surface area contributed by atoms with Crippen molar-refractivity contribution in [2.75, 3.05) is 17.7 Å². The van der Waals surface area contributed by atoms with Crippen LogP contribution in [0.3, 0.4) is 0 Å². The van der Waals surface area contributed by atoms with Crippen LogP contribution in [-0.4, -0.2) is 23.2 Å². The van der Waals surface area contributed by atoms with Crippen molar-refractivity contribution < 1.29 is 9.53 Å². The summed E-state index contributed by atoms with van der Waals surface area (Å²) in [7, 11) is 1.52. The van der Waals surface area contributed by atoms with E-state index in [4.69, 9.17) is 16.3 Å². The molecule has 1 amide bonds. The van der Waals surface area contributed by atoms with Crippen molar-refractivity contribution in [1.29, 1.82) is 0 Å². The Balaban J connectivity index is 1.71. The molecule has 7 heteroatoms. The second-order valence-corrected chi connectivity index (χ2v) is 6.03. The number of aryl methyl sites for hydroxylation is 1. The first-order chi connectivity index (χ1) is 12.5. The number of benzene rings is 2. The Morgan fingerprint density at radius 3 is 2.46 bits per heavy atom. The minimum atomic E-state index is -0.403. The van der Waals surface area contributed by atoms with Gasteiger partial charge in [0.15, 0.2) is 11.5 Å². The minimum Gasteiger partial charge on any atom is -0.495 e. The molecule has 2 N–H and O–H groups in total. The van der Waals surface area contributed by atoms with E-state index in [2.05, 4.69) is 20.8 Å². The largest absolute Gasteiger partial charge is 0.495 e. The maximum absolute atomic E-state index is 12.4. The van der Waals surface area contributed by atoms with Crippen LogP contribution < -0.4 is 15.4 Å². The summed E-state index contributed by atoms with van der Waals surface area (Å²) in [5, 5.41) is 14.4. The Morgan fingerprint density at radius 2 is 1.81 bits per heavy atom. The minimum absolute atomic E-state index is 0.182. The Morgan fingerprint density at radius 1 is 1.04 bits per heavy atom. The number of nitrogens with one attached hydrogen (secondary N) is 2. The summed E-state index contributed by atoms with van der Waals surface area (Å²) in [6.45, 7) is 2.02. The van der Waals surface area contributed by atoms with Crippen molar-refractivity contribution in [3.8, 4) is 5.75 Å². The molecule has 0 spiro atoms. The van der Waals surface area contributed by atoms with Crippen LogP contribution in [0.4, 0.5) is 17.2 Å². The number of rotatable bonds is 5. The lowest BCUT2D eigenvalue weighted by Gasteiger charge is -2.10. The normalized spacial score (nSPS) is 10.3. The Kier molecular flexibility index (Phi) is 5.34. The van der Waals surface area contributed by atoms with Gasteiger partial charge in [-0.05, 0) is 49.4 Å². The summed E-state index contributed by atoms with van der Waals surface area (Å²) >= 11 is 5.97. The molecule has 0 aliphatic carbocycles. The van der Waals surface area contributed by atoms with Gasteiger partial charge < -0.3 is 15.4 Å². The van der Waals surface area contributed by atoms with Crippen LogP contribution in [0.2, 0.25) is 5.02 Å². The van der Waals surface area contributed by atoms with Crippen molar-refractivity contribution in [2.24, 2.45) is 0 Å². The quantitative estimate of drug-likeness (QED) is 0.696. The molecule has 2 aromatic carbocycles. The summed E-state index contributed by atoms with van der Waals surface area (Å²) in [6, 6.07) is 16.1. The molecule has 0 bridgehead atoms. The third-order valence-electron chi connectivity index (χ3n) is 3.63. The predicted octanol–water partition coefficient (Wildman–Crippen LogP) is 4.44. The summed E-state index contributed by atoms with van der Waals surface area (Å²) in [5.41, 5.74) is 2.71. The predicted molar refractivity (Wildman–Crippen MR) is 102 cm³/mol. The number of nitrogens with zero attached hydrogens (tertiary/aromatic N) is 2. The average molecular weight is 369 g/mol. The summed E-state index contributed by atoms with van der Waals surface area (Å²) in [4.78, 5) is 12.4. The lowest BCUT2D eigenvalue weighted by molar-refractivity contribution is 0.102. The van der Waals surface area contributed by atoms with Crippen LogP contribution in [-0.2, 0) is 0 Å². The van der Waals surface area contributed by atoms with Crippen molar-refractivity contribution in [3.63, 3.8) is 0 Å². The zero-order valence-electron chi connectivity index (χ0n) is 14.3. The highest BCUT2D eigenvalue weighted by Crippen LogP contribution is 2.28. The van der Waals surface area contributed by atoms with E-state index in [1.165, 1.54) is 12.7 Å². The molecule has 6 nitrogen and oxygen atoms in total. The summed E-state index contributed by atoms with van der Waals surface area (Å²) < 4.78 is 5.21. The molecule has 0 unspecified atom stereocenters. The van der Waals surface area contributed by atoms with Gasteiger partial charge in [-0.25, -0.2) is 0 Å². The maximum atomic E-state index is 12.4. The van der Waals surface area contributed by atoms with Crippen molar-refractivity contribution in [2.45, 2.75) is 6.92 Å². The molecule has 0 saturated carbocycles. The van der Waals surface area contributed by atoms with E-state index in [9.17, 15) is 4.79 Å². The zero-order valence-corrected chi connectivity index (χ0v) is 15.0. The number of amides is 1. The summed E-state index contributed by atoms with van der Waals surface area (Å²) in [6.07, 6.45) is 0. The van der Waals surface area contributed by atoms with Gasteiger partial charge in [0.2, 0.25) is 0 Å². The lowest BCUT2D eigenvalue weighted by atomic mass is 10.2. The number of hydrogen-bond donors (Lipinski definition) is 2. The number of carbonyl (C=O) groups is 1. The van der Waals surface area contributed by atoms with Gasteiger partial charge in [-0.1, -0.05) is 29.3 Å². The topological polar surface area (TPSA) is 76.1 Å². The molecule has 1 heterocycles. The number of carbonyl (C=O) groups excluding carboxylic acids is 1. The molecule has 1 aromatic heterocycles. The lowest BCUT2D eigenvalue weighted by Crippen LogP contribution is -2.15. The van der Waals surface area contributed by atoms with E-state index in [0.717, 1.165) is 5.69 Å². The van der Waals surface area contributed by atoms with Gasteiger partial charge in [-0.15, -0.1) is 10.2 Å². The van der Waals surface area contributed by atoms with Crippen molar-refractivity contribution in [1.82, 2.24) is 10.2 Å². The van der Waals surface area contributed by atoms with Gasteiger partial charge in [-0.2, -0.15) is 0 Å². The number of hydrogen-bond acceptors (Lipinski definition) is 5. The fourth-order valence-corrected chi connectivity index (χ4v) is 2.44. The SMILES string of the molecule is COc1ccc(Cl)cc1NC(=O)c1ccc(Nc2ccc(C)cc2)nn1. The van der Waals surface area contributed by atoms with Crippen molar-refractivity contribution >= 4 is 34.7 Å². The van der Waals surface area contributed by atoms with Gasteiger partial charge in [0, 0.05) is 10.7 Å². The molecule has 0 saturated heterocycles. The number of ether oxygens (including phenoxy) is 1. The highest BCUT2D eigenvalue weighted by atomic mass is 35.5. The van der Waals surface area contributed by atoms with E-state index in [1.54, 1.807) is 30.3 Å². The third-order valence-corrected chi connectivity index (χ3v) is 3.87. The van der Waals surface area contributed by atoms with Crippen LogP contribution in [0.15, 0.2) is 54.6 Å². The molecule has 0 radical (unpaired) electrons. The zero-order chi connectivity index (χ0) is 18.5. The molecule has 0 fully saturated rings. The van der Waals surface area contributed by atoms with Crippen LogP contribution in [0, 0.1) is 6.92 Å². The van der Waals surface area contributed by atoms with Gasteiger partial charge in [0.1, 0.15) is 5.75 Å². The van der Waals surface area contributed by atoms with E-state index in [0.29, 0.717) is 22.3 Å². The highest BCUT2D eigenvalue weighted by molar-refractivity contribution is 6.31. The average Bonchev–Trinajstić information content (AvgIpc) is 2.64. The number of anilines is 3. The van der Waals surface area contributed by atoms with Gasteiger partial charge in [0.05, 0.1) is 12.8 Å². The smallest absolute Gasteiger partial charge is 0.276 e. The first-order valence-corrected chi connectivity index (χ1v) is 8.25. The van der Waals surface area contributed by atoms with Gasteiger partial charge >= 0.3 is 0 Å². The molecule has 26 heavy (non-hydrogen) atoms. The Bertz CT molecular complexity index is 912. The van der Waals surface area contributed by atoms with E-state index in [1.807, 2.05) is 31.2 Å². The summed E-state index contributed by atoms with van der Waals surface area (Å²) in [5.74, 6) is 0.652. The number of methoxy groups -OCH3 is 1. The second kappa shape index (κ2) is 7.84. The van der Waals surface area contributed by atoms with Crippen LogP contribution in [0.1, 0.15) is 16.1 Å². The number of halogens is 1. The fourth-order valence-electron chi connectivity index (χ4n) is 2.27. The molecule has 132 valence electrons. The van der Waals surface area contributed by atoms with Crippen LogP contribution in [0.5, 0.6) is 5.75 Å². The van der Waals surface area contributed by atoms with E-state index in [-0.39, 0.29) is 5.69 Å². The first-order valence-electron chi connectivity index (χ1n) is 7.87. The molecule has 0 atom stereocenters. The molecule has 0 aliphatic rings. The first kappa shape index (κ1) is 17.7. The Labute approximate surface area is 156 Å². The Hall–Kier alpha value is -3.12. The van der Waals surface area contributed by atoms with Crippen LogP contribution >= 0.6 is 11.6 Å². The number of aromatic nitrogens is 2. The van der Waals surface area contributed by atoms with Crippen molar-refractivity contribution in [3.05, 3.63) is 70.9 Å². The fraction of sp³-hybridized carbons (Fsp3) is 0.105. The molecular formula is C19H17ClN4O2. The van der Waals surface area contributed by atoms with E-state index >= 15 is 0 Å². The maximum Gasteiger partial charge on any atom is 0.276 e. The second-order valence-electron chi connectivity index (χ2n) is 5.59. The molecule has 3 aromatic rings. The molecular weight excluding hydrogens is 352 g/mol. The van der Waals surface area contributed by atoms with Gasteiger partial charge in [0.25, 0.3) is 5.91 Å². The molecule has 0 aliphatic heterocycles. The third kappa shape index (κ3) is 4.29. The van der Waals surface area contributed by atoms with Gasteiger partial charge in [-0.3, -0.25) is 4.79 Å². The standard InChI is InChI=1S/C19H17ClN4O2/c1-12-3-6-14(7-4-12)21-18-10-8-15(23-24-18)19(25)22-16-11-13(20)5-9-17(16)26-2/h3-11H,1-2H3,(H,21,24)(H,22,25). The monoisotopic (exact) mass is 368 g/mol. The highest BCUT2D eigenvalue weighted by Gasteiger charge is 2.12. The van der Waals surface area contributed by atoms with E-state index < -0.39 is 5.91 Å².